The summed E-state index contributed by atoms with van der Waals surface area (Å²) in [4.78, 5) is 16.6. The summed E-state index contributed by atoms with van der Waals surface area (Å²) in [7, 11) is -2.51. The number of anilines is 1. The number of amides is 1. The van der Waals surface area contributed by atoms with Crippen molar-refractivity contribution in [1.29, 1.82) is 0 Å². The van der Waals surface area contributed by atoms with E-state index in [1.54, 1.807) is 24.3 Å². The van der Waals surface area contributed by atoms with Crippen LogP contribution in [0.25, 0.3) is 11.0 Å². The molecule has 1 aliphatic rings. The zero-order valence-electron chi connectivity index (χ0n) is 18.1. The molecule has 0 bridgehead atoms. The average Bonchev–Trinajstić information content (AvgIpc) is 3.29. The van der Waals surface area contributed by atoms with Gasteiger partial charge in [-0.15, -0.1) is 0 Å². The van der Waals surface area contributed by atoms with Crippen molar-refractivity contribution in [3.05, 3.63) is 48.3 Å². The summed E-state index contributed by atoms with van der Waals surface area (Å²) in [6.07, 6.45) is 0. The fourth-order valence-electron chi connectivity index (χ4n) is 3.77. The van der Waals surface area contributed by atoms with Crippen LogP contribution in [0.1, 0.15) is 0 Å². The number of para-hydroxylation sites is 1. The molecule has 2 aromatic carbocycles. The highest BCUT2D eigenvalue weighted by atomic mass is 32.2. The van der Waals surface area contributed by atoms with E-state index in [-0.39, 0.29) is 23.2 Å². The number of rotatable bonds is 8. The molecule has 2 heterocycles. The Balaban J connectivity index is 1.24. The van der Waals surface area contributed by atoms with Gasteiger partial charge in [0.1, 0.15) is 21.7 Å². The van der Waals surface area contributed by atoms with Crippen LogP contribution in [0.4, 0.5) is 10.1 Å². The molecule has 0 unspecified atom stereocenters. The Bertz CT molecular complexity index is 1230. The lowest BCUT2D eigenvalue weighted by molar-refractivity contribution is -0.121. The van der Waals surface area contributed by atoms with Gasteiger partial charge < -0.3 is 10.2 Å². The van der Waals surface area contributed by atoms with Crippen LogP contribution < -0.4 is 10.2 Å². The molecule has 0 radical (unpaired) electrons. The second-order valence-electron chi connectivity index (χ2n) is 7.78. The Morgan fingerprint density at radius 2 is 1.88 bits per heavy atom. The topological polar surface area (TPSA) is 98.7 Å². The molecule has 12 heteroatoms. The number of halogens is 1. The van der Waals surface area contributed by atoms with Crippen molar-refractivity contribution in [2.75, 3.05) is 57.8 Å². The zero-order chi connectivity index (χ0) is 23.4. The Kier molecular flexibility index (Phi) is 7.17. The molecule has 4 rings (SSSR count). The van der Waals surface area contributed by atoms with Gasteiger partial charge in [-0.05, 0) is 24.3 Å². The van der Waals surface area contributed by atoms with Crippen molar-refractivity contribution in [3.63, 3.8) is 0 Å². The molecule has 1 N–H and O–H groups in total. The molecule has 0 aliphatic carbocycles. The summed E-state index contributed by atoms with van der Waals surface area (Å²) in [6, 6.07) is 11.5. The summed E-state index contributed by atoms with van der Waals surface area (Å²) in [6.45, 7) is 3.65. The van der Waals surface area contributed by atoms with E-state index < -0.39 is 10.0 Å². The molecule has 1 amide bonds. The highest BCUT2D eigenvalue weighted by Gasteiger charge is 2.26. The van der Waals surface area contributed by atoms with Crippen molar-refractivity contribution in [3.8, 4) is 0 Å². The summed E-state index contributed by atoms with van der Waals surface area (Å²) in [5.41, 5.74) is 1.43. The quantitative estimate of drug-likeness (QED) is 0.507. The number of carbonyl (C=O) groups is 1. The molecular formula is C21H25FN6O3S2. The minimum absolute atomic E-state index is 0.0387. The number of benzene rings is 2. The third-order valence-corrected chi connectivity index (χ3v) is 8.00. The molecule has 1 saturated heterocycles. The van der Waals surface area contributed by atoms with Crippen LogP contribution in [0.2, 0.25) is 0 Å². The van der Waals surface area contributed by atoms with E-state index in [1.165, 1.54) is 19.2 Å². The van der Waals surface area contributed by atoms with Crippen LogP contribution in [0, 0.1) is 5.82 Å². The molecular weight excluding hydrogens is 467 g/mol. The monoisotopic (exact) mass is 492 g/mol. The van der Waals surface area contributed by atoms with Crippen LogP contribution in [0.15, 0.2) is 47.4 Å². The van der Waals surface area contributed by atoms with Gasteiger partial charge in [0, 0.05) is 46.3 Å². The molecule has 0 atom stereocenters. The van der Waals surface area contributed by atoms with Gasteiger partial charge in [-0.2, -0.15) is 13.1 Å². The van der Waals surface area contributed by atoms with Gasteiger partial charge in [-0.25, -0.2) is 12.8 Å². The van der Waals surface area contributed by atoms with Crippen molar-refractivity contribution in [2.24, 2.45) is 0 Å². The smallest absolute Gasteiger partial charge is 0.245 e. The van der Waals surface area contributed by atoms with Gasteiger partial charge in [0.15, 0.2) is 0 Å². The lowest BCUT2D eigenvalue weighted by Gasteiger charge is -2.36. The number of nitrogens with one attached hydrogen (secondary N) is 1. The first-order valence-corrected chi connectivity index (χ1v) is 12.7. The van der Waals surface area contributed by atoms with Crippen LogP contribution in [-0.4, -0.2) is 85.1 Å². The Morgan fingerprint density at radius 1 is 1.12 bits per heavy atom. The van der Waals surface area contributed by atoms with Crippen LogP contribution in [0.5, 0.6) is 0 Å². The first-order valence-electron chi connectivity index (χ1n) is 10.5. The first kappa shape index (κ1) is 23.5. The average molecular weight is 493 g/mol. The van der Waals surface area contributed by atoms with Crippen molar-refractivity contribution < 1.29 is 17.6 Å². The van der Waals surface area contributed by atoms with E-state index in [0.29, 0.717) is 42.9 Å². The van der Waals surface area contributed by atoms with Gasteiger partial charge in [0.2, 0.25) is 15.9 Å². The predicted octanol–water partition coefficient (Wildman–Crippen LogP) is 1.39. The SMILES string of the molecule is CN(CC(=O)NCCN1CCN(c2ccccc2F)CC1)S(=O)(=O)c1cccc2nsnc12. The molecule has 176 valence electrons. The number of aromatic nitrogens is 2. The highest BCUT2D eigenvalue weighted by molar-refractivity contribution is 7.89. The fourth-order valence-corrected chi connectivity index (χ4v) is 5.65. The van der Waals surface area contributed by atoms with Gasteiger partial charge >= 0.3 is 0 Å². The molecule has 1 aromatic heterocycles. The Hall–Kier alpha value is -2.67. The maximum absolute atomic E-state index is 14.0. The number of hydrogen-bond donors (Lipinski definition) is 1. The Labute approximate surface area is 196 Å². The summed E-state index contributed by atoms with van der Waals surface area (Å²) < 4.78 is 49.0. The maximum atomic E-state index is 14.0. The van der Waals surface area contributed by atoms with E-state index in [0.717, 1.165) is 29.1 Å². The standard InChI is InChI=1S/C21H25FN6O3S2/c1-26(33(30,31)19-8-4-6-17-21(19)25-32-24-17)15-20(29)23-9-10-27-11-13-28(14-12-27)18-7-3-2-5-16(18)22/h2-8H,9-15H2,1H3,(H,23,29). The molecule has 9 nitrogen and oxygen atoms in total. The van der Waals surface area contributed by atoms with Crippen LogP contribution in [-0.2, 0) is 14.8 Å². The number of likely N-dealkylation sites (N-methyl/N-ethyl adjacent to an activating group) is 1. The third-order valence-electron chi connectivity index (χ3n) is 5.62. The molecule has 3 aromatic rings. The number of fused-ring (bicyclic) bond motifs is 1. The van der Waals surface area contributed by atoms with Crippen LogP contribution in [0.3, 0.4) is 0 Å². The molecule has 1 aliphatic heterocycles. The molecule has 0 saturated carbocycles. The maximum Gasteiger partial charge on any atom is 0.245 e. The van der Waals surface area contributed by atoms with E-state index >= 15 is 0 Å². The van der Waals surface area contributed by atoms with Crippen molar-refractivity contribution in [2.45, 2.75) is 4.90 Å². The second-order valence-corrected chi connectivity index (χ2v) is 10.3. The number of nitrogens with zero attached hydrogens (tertiary/aromatic N) is 5. The third kappa shape index (κ3) is 5.29. The number of hydrogen-bond acceptors (Lipinski definition) is 8. The summed E-state index contributed by atoms with van der Waals surface area (Å²) in [5.74, 6) is -0.603. The number of sulfonamides is 1. The highest BCUT2D eigenvalue weighted by Crippen LogP contribution is 2.23. The lowest BCUT2D eigenvalue weighted by Crippen LogP contribution is -2.49. The zero-order valence-corrected chi connectivity index (χ0v) is 19.8. The van der Waals surface area contributed by atoms with Gasteiger partial charge in [0.25, 0.3) is 0 Å². The van der Waals surface area contributed by atoms with Gasteiger partial charge in [0.05, 0.1) is 24.0 Å². The molecule has 33 heavy (non-hydrogen) atoms. The van der Waals surface area contributed by atoms with Crippen molar-refractivity contribution >= 4 is 44.4 Å². The Morgan fingerprint density at radius 3 is 2.64 bits per heavy atom. The summed E-state index contributed by atoms with van der Waals surface area (Å²) >= 11 is 0.944. The predicted molar refractivity (Wildman–Crippen MR) is 125 cm³/mol. The molecule has 0 spiro atoms. The minimum atomic E-state index is -3.88. The fraction of sp³-hybridized carbons (Fsp3) is 0.381. The minimum Gasteiger partial charge on any atom is -0.367 e. The van der Waals surface area contributed by atoms with E-state index in [9.17, 15) is 17.6 Å². The van der Waals surface area contributed by atoms with Crippen LogP contribution >= 0.6 is 11.7 Å². The second kappa shape index (κ2) is 10.1. The molecule has 1 fully saturated rings. The van der Waals surface area contributed by atoms with Crippen molar-refractivity contribution in [1.82, 2.24) is 23.3 Å². The van der Waals surface area contributed by atoms with Gasteiger partial charge in [-0.3, -0.25) is 9.69 Å². The van der Waals surface area contributed by atoms with E-state index in [2.05, 4.69) is 19.0 Å². The largest absolute Gasteiger partial charge is 0.367 e. The number of piperazine rings is 1. The van der Waals surface area contributed by atoms with E-state index in [4.69, 9.17) is 0 Å². The first-order chi connectivity index (χ1) is 15.9. The number of carbonyl (C=O) groups excluding carboxylic acids is 1. The normalized spacial score (nSPS) is 15.3. The summed E-state index contributed by atoms with van der Waals surface area (Å²) in [5, 5.41) is 2.78. The van der Waals surface area contributed by atoms with Gasteiger partial charge in [-0.1, -0.05) is 18.2 Å². The lowest BCUT2D eigenvalue weighted by atomic mass is 10.2. The van der Waals surface area contributed by atoms with E-state index in [1.807, 2.05) is 11.0 Å².